The molecule has 1 atom stereocenters. The molecule has 1 aromatic rings. The van der Waals surface area contributed by atoms with Crippen molar-refractivity contribution in [2.24, 2.45) is 0 Å². The Morgan fingerprint density at radius 1 is 1.45 bits per heavy atom. The molecule has 1 aliphatic heterocycles. The highest BCUT2D eigenvalue weighted by Gasteiger charge is 2.31. The molecule has 0 saturated carbocycles. The highest BCUT2D eigenvalue weighted by molar-refractivity contribution is 7.14. The van der Waals surface area contributed by atoms with Gasteiger partial charge in [-0.25, -0.2) is 4.79 Å². The molecule has 1 amide bonds. The molecule has 20 heavy (non-hydrogen) atoms. The van der Waals surface area contributed by atoms with E-state index in [1.807, 2.05) is 6.07 Å². The number of hydrogen-bond acceptors (Lipinski definition) is 5. The minimum atomic E-state index is -0.662. The summed E-state index contributed by atoms with van der Waals surface area (Å²) in [5.41, 5.74) is 1.32. The van der Waals surface area contributed by atoms with Gasteiger partial charge in [-0.05, 0) is 30.9 Å². The van der Waals surface area contributed by atoms with Crippen LogP contribution in [0, 0.1) is 0 Å². The summed E-state index contributed by atoms with van der Waals surface area (Å²) in [5.74, 6) is -0.419. The van der Waals surface area contributed by atoms with Gasteiger partial charge in [-0.1, -0.05) is 0 Å². The lowest BCUT2D eigenvalue weighted by Gasteiger charge is -2.31. The highest BCUT2D eigenvalue weighted by Crippen LogP contribution is 2.31. The average molecular weight is 295 g/mol. The molecule has 1 saturated heterocycles. The number of amides is 1. The Kier molecular flexibility index (Phi) is 3.76. The van der Waals surface area contributed by atoms with Gasteiger partial charge in [0.2, 0.25) is 0 Å². The molecule has 108 valence electrons. The first kappa shape index (κ1) is 13.6. The van der Waals surface area contributed by atoms with Crippen LogP contribution in [0.15, 0.2) is 6.07 Å². The standard InChI is InChI=1S/C14H17NO4S/c1-18-14(17)10-8-15(5-6-19-10)13(16)12-7-9-3-2-4-11(9)20-12/h7,10H,2-6,8H2,1H3. The van der Waals surface area contributed by atoms with E-state index < -0.39 is 12.1 Å². The van der Waals surface area contributed by atoms with E-state index in [1.54, 1.807) is 16.2 Å². The number of morpholine rings is 1. The largest absolute Gasteiger partial charge is 0.467 e. The summed E-state index contributed by atoms with van der Waals surface area (Å²) in [7, 11) is 1.33. The number of rotatable bonds is 2. The van der Waals surface area contributed by atoms with Gasteiger partial charge in [-0.15, -0.1) is 11.3 Å². The summed E-state index contributed by atoms with van der Waals surface area (Å²) in [6, 6.07) is 2.01. The van der Waals surface area contributed by atoms with Crippen molar-refractivity contribution in [3.8, 4) is 0 Å². The zero-order valence-corrected chi connectivity index (χ0v) is 12.2. The van der Waals surface area contributed by atoms with Crippen LogP contribution in [0.5, 0.6) is 0 Å². The minimum absolute atomic E-state index is 0.00148. The lowest BCUT2D eigenvalue weighted by atomic mass is 10.2. The van der Waals surface area contributed by atoms with E-state index in [9.17, 15) is 9.59 Å². The fraction of sp³-hybridized carbons (Fsp3) is 0.571. The predicted octanol–water partition coefficient (Wildman–Crippen LogP) is 1.25. The number of nitrogens with zero attached hydrogens (tertiary/aromatic N) is 1. The molecule has 5 nitrogen and oxygen atoms in total. The molecule has 0 spiro atoms. The Labute approximate surface area is 121 Å². The highest BCUT2D eigenvalue weighted by atomic mass is 32.1. The van der Waals surface area contributed by atoms with Gasteiger partial charge in [0.25, 0.3) is 5.91 Å². The van der Waals surface area contributed by atoms with E-state index in [-0.39, 0.29) is 12.5 Å². The third-order valence-electron chi connectivity index (χ3n) is 3.78. The number of carbonyl (C=O) groups is 2. The fourth-order valence-electron chi connectivity index (χ4n) is 2.70. The van der Waals surface area contributed by atoms with Gasteiger partial charge in [-0.3, -0.25) is 4.79 Å². The van der Waals surface area contributed by atoms with E-state index in [0.717, 1.165) is 17.7 Å². The monoisotopic (exact) mass is 295 g/mol. The molecule has 0 radical (unpaired) electrons. The second-order valence-corrected chi connectivity index (χ2v) is 6.18. The Balaban J connectivity index is 1.71. The van der Waals surface area contributed by atoms with Crippen molar-refractivity contribution >= 4 is 23.2 Å². The smallest absolute Gasteiger partial charge is 0.336 e. The Bertz CT molecular complexity index is 518. The molecule has 0 aromatic carbocycles. The summed E-state index contributed by atoms with van der Waals surface area (Å²) >= 11 is 1.59. The molecule has 0 bridgehead atoms. The number of fused-ring (bicyclic) bond motifs is 1. The quantitative estimate of drug-likeness (QED) is 0.771. The number of aryl methyl sites for hydroxylation is 2. The molecule has 6 heteroatoms. The van der Waals surface area contributed by atoms with Crippen molar-refractivity contribution in [3.05, 3.63) is 21.4 Å². The Morgan fingerprint density at radius 2 is 2.30 bits per heavy atom. The van der Waals surface area contributed by atoms with Gasteiger partial charge in [0.15, 0.2) is 6.10 Å². The van der Waals surface area contributed by atoms with E-state index >= 15 is 0 Å². The minimum Gasteiger partial charge on any atom is -0.467 e. The summed E-state index contributed by atoms with van der Waals surface area (Å²) in [6.45, 7) is 1.17. The van der Waals surface area contributed by atoms with E-state index in [2.05, 4.69) is 4.74 Å². The molecular weight excluding hydrogens is 278 g/mol. The van der Waals surface area contributed by atoms with Crippen LogP contribution in [0.2, 0.25) is 0 Å². The number of esters is 1. The fourth-order valence-corrected chi connectivity index (χ4v) is 3.92. The number of carbonyl (C=O) groups excluding carboxylic acids is 2. The molecule has 3 rings (SSSR count). The molecule has 1 aliphatic carbocycles. The molecule has 0 N–H and O–H groups in total. The summed E-state index contributed by atoms with van der Waals surface area (Å²) in [6.07, 6.45) is 2.69. The number of methoxy groups -OCH3 is 1. The van der Waals surface area contributed by atoms with Gasteiger partial charge < -0.3 is 14.4 Å². The molecule has 1 fully saturated rings. The van der Waals surface area contributed by atoms with Gasteiger partial charge in [0.05, 0.1) is 25.1 Å². The maximum absolute atomic E-state index is 12.5. The van der Waals surface area contributed by atoms with Crippen LogP contribution in [0.3, 0.4) is 0 Å². The molecular formula is C14H17NO4S. The third kappa shape index (κ3) is 2.45. The normalized spacial score (nSPS) is 21.6. The van der Waals surface area contributed by atoms with Crippen molar-refractivity contribution in [2.75, 3.05) is 26.8 Å². The SMILES string of the molecule is COC(=O)C1CN(C(=O)c2cc3c(s2)CCC3)CCO1. The molecule has 1 unspecified atom stereocenters. The first-order chi connectivity index (χ1) is 9.69. The van der Waals surface area contributed by atoms with Crippen LogP contribution in [0.25, 0.3) is 0 Å². The van der Waals surface area contributed by atoms with E-state index in [1.165, 1.54) is 24.0 Å². The van der Waals surface area contributed by atoms with Crippen LogP contribution in [-0.4, -0.2) is 49.7 Å². The second kappa shape index (κ2) is 5.54. The molecule has 1 aromatic heterocycles. The van der Waals surface area contributed by atoms with E-state index in [0.29, 0.717) is 13.2 Å². The van der Waals surface area contributed by atoms with Gasteiger partial charge in [0, 0.05) is 11.4 Å². The lowest BCUT2D eigenvalue weighted by molar-refractivity contribution is -0.158. The first-order valence-corrected chi connectivity index (χ1v) is 7.61. The summed E-state index contributed by atoms with van der Waals surface area (Å²) < 4.78 is 10.0. The Hall–Kier alpha value is -1.40. The van der Waals surface area contributed by atoms with E-state index in [4.69, 9.17) is 4.74 Å². The van der Waals surface area contributed by atoms with Crippen molar-refractivity contribution in [1.29, 1.82) is 0 Å². The van der Waals surface area contributed by atoms with Crippen LogP contribution in [0.4, 0.5) is 0 Å². The second-order valence-electron chi connectivity index (χ2n) is 5.05. The summed E-state index contributed by atoms with van der Waals surface area (Å²) in [4.78, 5) is 27.8. The Morgan fingerprint density at radius 3 is 3.05 bits per heavy atom. The number of thiophene rings is 1. The van der Waals surface area contributed by atoms with Crippen LogP contribution >= 0.6 is 11.3 Å². The maximum atomic E-state index is 12.5. The number of ether oxygens (including phenoxy) is 2. The molecule has 2 aliphatic rings. The average Bonchev–Trinajstić information content (AvgIpc) is 3.07. The van der Waals surface area contributed by atoms with Crippen molar-refractivity contribution in [1.82, 2.24) is 4.90 Å². The van der Waals surface area contributed by atoms with Gasteiger partial charge in [0.1, 0.15) is 0 Å². The third-order valence-corrected chi connectivity index (χ3v) is 5.00. The van der Waals surface area contributed by atoms with Crippen molar-refractivity contribution in [3.63, 3.8) is 0 Å². The van der Waals surface area contributed by atoms with Gasteiger partial charge in [-0.2, -0.15) is 0 Å². The van der Waals surface area contributed by atoms with Crippen LogP contribution < -0.4 is 0 Å². The van der Waals surface area contributed by atoms with Crippen LogP contribution in [-0.2, 0) is 27.1 Å². The zero-order chi connectivity index (χ0) is 14.1. The molecule has 2 heterocycles. The van der Waals surface area contributed by atoms with Crippen molar-refractivity contribution in [2.45, 2.75) is 25.4 Å². The van der Waals surface area contributed by atoms with Crippen LogP contribution in [0.1, 0.15) is 26.5 Å². The lowest BCUT2D eigenvalue weighted by Crippen LogP contribution is -2.48. The number of hydrogen-bond donors (Lipinski definition) is 0. The van der Waals surface area contributed by atoms with Gasteiger partial charge >= 0.3 is 5.97 Å². The van der Waals surface area contributed by atoms with Crippen molar-refractivity contribution < 1.29 is 19.1 Å². The summed E-state index contributed by atoms with van der Waals surface area (Å²) in [5, 5.41) is 0. The topological polar surface area (TPSA) is 55.8 Å². The first-order valence-electron chi connectivity index (χ1n) is 6.79. The predicted molar refractivity (Wildman–Crippen MR) is 74.0 cm³/mol. The zero-order valence-electron chi connectivity index (χ0n) is 11.4. The maximum Gasteiger partial charge on any atom is 0.336 e.